The van der Waals surface area contributed by atoms with Crippen LogP contribution in [-0.2, 0) is 6.42 Å². The molecular weight excluding hydrogens is 330 g/mol. The second kappa shape index (κ2) is 6.11. The summed E-state index contributed by atoms with van der Waals surface area (Å²) in [7, 11) is 3.25. The van der Waals surface area contributed by atoms with Crippen LogP contribution in [-0.4, -0.2) is 29.2 Å². The first-order valence-electron chi connectivity index (χ1n) is 8.11. The fourth-order valence-electron chi connectivity index (χ4n) is 3.11. The molecule has 7 heteroatoms. The number of H-pyrrole nitrogens is 1. The van der Waals surface area contributed by atoms with E-state index in [1.54, 1.807) is 20.4 Å². The van der Waals surface area contributed by atoms with Crippen LogP contribution in [0.1, 0.15) is 11.4 Å². The van der Waals surface area contributed by atoms with Gasteiger partial charge in [-0.15, -0.1) is 0 Å². The summed E-state index contributed by atoms with van der Waals surface area (Å²) in [5.74, 6) is 2.71. The molecule has 7 nitrogen and oxygen atoms in total. The second-order valence-electron chi connectivity index (χ2n) is 6.10. The summed E-state index contributed by atoms with van der Waals surface area (Å²) in [4.78, 5) is 12.3. The average Bonchev–Trinajstić information content (AvgIpc) is 3.03. The average molecular weight is 349 g/mol. The van der Waals surface area contributed by atoms with Crippen LogP contribution in [0.5, 0.6) is 11.5 Å². The normalized spacial score (nSPS) is 11.2. The van der Waals surface area contributed by atoms with E-state index in [1.807, 2.05) is 30.3 Å². The number of aromatic amines is 1. The van der Waals surface area contributed by atoms with Crippen LogP contribution in [0.25, 0.3) is 21.8 Å². The number of hydrogen-bond acceptors (Lipinski definition) is 6. The maximum Gasteiger partial charge on any atom is 0.133 e. The number of rotatable bonds is 4. The van der Waals surface area contributed by atoms with Crippen LogP contribution in [0.15, 0.2) is 36.5 Å². The smallest absolute Gasteiger partial charge is 0.133 e. The van der Waals surface area contributed by atoms with Crippen LogP contribution < -0.4 is 20.9 Å². The number of ether oxygens (including phenoxy) is 2. The Morgan fingerprint density at radius 2 is 1.69 bits per heavy atom. The number of nitrogens with two attached hydrogens (primary N) is 2. The van der Waals surface area contributed by atoms with Gasteiger partial charge in [0.1, 0.15) is 23.1 Å². The van der Waals surface area contributed by atoms with Crippen molar-refractivity contribution >= 4 is 33.3 Å². The van der Waals surface area contributed by atoms with E-state index in [2.05, 4.69) is 15.0 Å². The van der Waals surface area contributed by atoms with Crippen molar-refractivity contribution in [2.24, 2.45) is 0 Å². The predicted octanol–water partition coefficient (Wildman–Crippen LogP) is 2.88. The van der Waals surface area contributed by atoms with Gasteiger partial charge in [0.2, 0.25) is 0 Å². The van der Waals surface area contributed by atoms with E-state index in [0.717, 1.165) is 38.9 Å². The van der Waals surface area contributed by atoms with Gasteiger partial charge in [0.05, 0.1) is 25.3 Å². The van der Waals surface area contributed by atoms with Crippen molar-refractivity contribution in [3.63, 3.8) is 0 Å². The van der Waals surface area contributed by atoms with E-state index in [0.29, 0.717) is 23.8 Å². The van der Waals surface area contributed by atoms with Gasteiger partial charge in [-0.25, -0.2) is 9.97 Å². The first kappa shape index (κ1) is 16.0. The number of nitrogen functional groups attached to an aromatic ring is 2. The third-order valence-electron chi connectivity index (χ3n) is 4.35. The Labute approximate surface area is 150 Å². The van der Waals surface area contributed by atoms with E-state index >= 15 is 0 Å². The van der Waals surface area contributed by atoms with Gasteiger partial charge in [0, 0.05) is 35.1 Å². The molecule has 5 N–H and O–H groups in total. The molecule has 26 heavy (non-hydrogen) atoms. The van der Waals surface area contributed by atoms with E-state index in [9.17, 15) is 0 Å². The molecule has 0 aliphatic heterocycles. The lowest BCUT2D eigenvalue weighted by Gasteiger charge is -2.09. The monoisotopic (exact) mass is 349 g/mol. The molecule has 0 fully saturated rings. The highest BCUT2D eigenvalue weighted by Crippen LogP contribution is 2.30. The summed E-state index contributed by atoms with van der Waals surface area (Å²) in [6.07, 6.45) is 2.35. The Morgan fingerprint density at radius 3 is 2.38 bits per heavy atom. The topological polar surface area (TPSA) is 112 Å². The van der Waals surface area contributed by atoms with Crippen LogP contribution in [0.3, 0.4) is 0 Å². The zero-order chi connectivity index (χ0) is 18.3. The number of nitrogens with one attached hydrogen (secondary N) is 1. The lowest BCUT2D eigenvalue weighted by molar-refractivity contribution is 0.393. The van der Waals surface area contributed by atoms with Gasteiger partial charge in [0.15, 0.2) is 0 Å². The second-order valence-corrected chi connectivity index (χ2v) is 6.10. The fourth-order valence-corrected chi connectivity index (χ4v) is 3.11. The summed E-state index contributed by atoms with van der Waals surface area (Å²) in [6, 6.07) is 9.39. The minimum absolute atomic E-state index is 0.550. The number of benzene rings is 2. The molecule has 2 heterocycles. The van der Waals surface area contributed by atoms with Crippen molar-refractivity contribution in [1.29, 1.82) is 0 Å². The number of hydrogen-bond donors (Lipinski definition) is 3. The van der Waals surface area contributed by atoms with Gasteiger partial charge in [-0.2, -0.15) is 0 Å². The lowest BCUT2D eigenvalue weighted by atomic mass is 10.1. The van der Waals surface area contributed by atoms with Crippen LogP contribution >= 0.6 is 0 Å². The summed E-state index contributed by atoms with van der Waals surface area (Å²) >= 11 is 0. The zero-order valence-corrected chi connectivity index (χ0v) is 14.5. The molecule has 0 aliphatic carbocycles. The first-order valence-corrected chi connectivity index (χ1v) is 8.11. The molecule has 0 bridgehead atoms. The lowest BCUT2D eigenvalue weighted by Crippen LogP contribution is -1.99. The molecule has 2 aromatic heterocycles. The minimum atomic E-state index is 0.550. The summed E-state index contributed by atoms with van der Waals surface area (Å²) in [6.45, 7) is 0. The SMILES string of the molecule is COc1cc(Cc2ncc3c(cc(N)c4cc(N)[nH]c43)n2)cc(OC)c1. The highest BCUT2D eigenvalue weighted by atomic mass is 16.5. The predicted molar refractivity (Wildman–Crippen MR) is 103 cm³/mol. The maximum atomic E-state index is 6.15. The molecule has 4 aromatic rings. The Hall–Kier alpha value is -3.48. The molecule has 0 radical (unpaired) electrons. The molecule has 0 atom stereocenters. The highest BCUT2D eigenvalue weighted by Gasteiger charge is 2.11. The van der Waals surface area contributed by atoms with Crippen molar-refractivity contribution in [2.45, 2.75) is 6.42 Å². The van der Waals surface area contributed by atoms with Gasteiger partial charge in [-0.3, -0.25) is 0 Å². The third-order valence-corrected chi connectivity index (χ3v) is 4.35. The maximum absolute atomic E-state index is 6.15. The van der Waals surface area contributed by atoms with Crippen molar-refractivity contribution in [3.05, 3.63) is 47.9 Å². The summed E-state index contributed by atoms with van der Waals surface area (Å²) in [5, 5.41) is 1.77. The van der Waals surface area contributed by atoms with E-state index in [1.165, 1.54) is 0 Å². The van der Waals surface area contributed by atoms with Gasteiger partial charge in [-0.05, 0) is 29.8 Å². The molecule has 0 amide bonds. The highest BCUT2D eigenvalue weighted by molar-refractivity contribution is 6.10. The standard InChI is InChI=1S/C19H19N5O2/c1-25-11-3-10(4-12(6-11)26-2)5-18-22-9-14-16(23-18)8-15(20)13-7-17(21)24-19(13)14/h3-4,6-9,24H,5,20-21H2,1-2H3. The van der Waals surface area contributed by atoms with Gasteiger partial charge >= 0.3 is 0 Å². The Morgan fingerprint density at radius 1 is 0.962 bits per heavy atom. The molecule has 2 aromatic carbocycles. The molecular formula is C19H19N5O2. The van der Waals surface area contributed by atoms with Crippen molar-refractivity contribution < 1.29 is 9.47 Å². The number of fused-ring (bicyclic) bond motifs is 3. The Balaban J connectivity index is 1.77. The van der Waals surface area contributed by atoms with E-state index < -0.39 is 0 Å². The summed E-state index contributed by atoms with van der Waals surface area (Å²) in [5.41, 5.74) is 15.3. The Kier molecular flexibility index (Phi) is 3.76. The van der Waals surface area contributed by atoms with Crippen LogP contribution in [0.4, 0.5) is 11.5 Å². The van der Waals surface area contributed by atoms with Crippen LogP contribution in [0, 0.1) is 0 Å². The van der Waals surface area contributed by atoms with Crippen LogP contribution in [0.2, 0.25) is 0 Å². The molecule has 0 spiro atoms. The van der Waals surface area contributed by atoms with E-state index in [-0.39, 0.29) is 0 Å². The van der Waals surface area contributed by atoms with Crippen molar-refractivity contribution in [1.82, 2.24) is 15.0 Å². The third kappa shape index (κ3) is 2.73. The number of methoxy groups -OCH3 is 2. The largest absolute Gasteiger partial charge is 0.497 e. The molecule has 0 saturated carbocycles. The first-order chi connectivity index (χ1) is 12.6. The molecule has 0 aliphatic rings. The number of nitrogens with zero attached hydrogens (tertiary/aromatic N) is 2. The molecule has 4 rings (SSSR count). The molecule has 0 saturated heterocycles. The molecule has 132 valence electrons. The van der Waals surface area contributed by atoms with Crippen molar-refractivity contribution in [3.8, 4) is 11.5 Å². The zero-order valence-electron chi connectivity index (χ0n) is 14.5. The van der Waals surface area contributed by atoms with Gasteiger partial charge in [-0.1, -0.05) is 0 Å². The Bertz CT molecular complexity index is 1100. The number of anilines is 2. The molecule has 0 unspecified atom stereocenters. The van der Waals surface area contributed by atoms with E-state index in [4.69, 9.17) is 20.9 Å². The quantitative estimate of drug-likeness (QED) is 0.488. The minimum Gasteiger partial charge on any atom is -0.497 e. The number of aromatic nitrogens is 3. The summed E-state index contributed by atoms with van der Waals surface area (Å²) < 4.78 is 10.6. The fraction of sp³-hybridized carbons (Fsp3) is 0.158. The van der Waals surface area contributed by atoms with Gasteiger partial charge < -0.3 is 25.9 Å². The van der Waals surface area contributed by atoms with Gasteiger partial charge in [0.25, 0.3) is 0 Å². The van der Waals surface area contributed by atoms with Crippen molar-refractivity contribution in [2.75, 3.05) is 25.7 Å².